The Labute approximate surface area is 196 Å². The number of rotatable bonds is 4. The van der Waals surface area contributed by atoms with E-state index in [2.05, 4.69) is 10.3 Å². The molecule has 166 valence electrons. The summed E-state index contributed by atoms with van der Waals surface area (Å²) in [5.74, 6) is -0.373. The first kappa shape index (κ1) is 23.0. The molecule has 0 bridgehead atoms. The zero-order valence-electron chi connectivity index (χ0n) is 18.4. The Kier molecular flexibility index (Phi) is 6.23. The highest BCUT2D eigenvalue weighted by Gasteiger charge is 2.20. The monoisotopic (exact) mass is 460 g/mol. The molecular formula is C25H22BFN2O3S. The van der Waals surface area contributed by atoms with Gasteiger partial charge in [-0.2, -0.15) is 0 Å². The Morgan fingerprint density at radius 3 is 2.52 bits per heavy atom. The van der Waals surface area contributed by atoms with Crippen LogP contribution in [0.3, 0.4) is 0 Å². The third-order valence-corrected chi connectivity index (χ3v) is 5.74. The van der Waals surface area contributed by atoms with Gasteiger partial charge in [0.2, 0.25) is 0 Å². The number of nitrogens with one attached hydrogen (secondary N) is 1. The van der Waals surface area contributed by atoms with Crippen LogP contribution in [0.5, 0.6) is 0 Å². The Hall–Kier alpha value is -3.23. The highest BCUT2D eigenvalue weighted by molar-refractivity contribution is 7.22. The van der Waals surface area contributed by atoms with E-state index in [0.717, 1.165) is 15.8 Å². The van der Waals surface area contributed by atoms with Crippen molar-refractivity contribution in [2.75, 3.05) is 5.32 Å². The van der Waals surface area contributed by atoms with Crippen molar-refractivity contribution >= 4 is 46.1 Å². The van der Waals surface area contributed by atoms with Crippen molar-refractivity contribution in [2.45, 2.75) is 32.5 Å². The second-order valence-corrected chi connectivity index (χ2v) is 9.67. The van der Waals surface area contributed by atoms with Gasteiger partial charge >= 0.3 is 6.09 Å². The minimum absolute atomic E-state index is 0.373. The summed E-state index contributed by atoms with van der Waals surface area (Å²) in [6.07, 6.45) is -1.57. The highest BCUT2D eigenvalue weighted by Crippen LogP contribution is 2.37. The predicted molar refractivity (Wildman–Crippen MR) is 131 cm³/mol. The number of carbonyl (C=O) groups excluding carboxylic acids is 1. The fraction of sp³-hybridized carbons (Fsp3) is 0.200. The van der Waals surface area contributed by atoms with Crippen molar-refractivity contribution in [3.8, 4) is 11.1 Å². The number of amides is 1. The molecule has 4 aromatic rings. The molecule has 2 N–H and O–H groups in total. The van der Waals surface area contributed by atoms with Gasteiger partial charge in [-0.3, -0.25) is 5.32 Å². The molecule has 0 saturated carbocycles. The Morgan fingerprint density at radius 1 is 1.12 bits per heavy atom. The standard InChI is InChI=1S/C25H22BFN2O3S/c1-25(2,3)32-24(31)29-23-28-21-19(15-5-4-6-17(26)11-15)12-16(13-20(21)33-23)22(30)14-7-9-18(27)10-8-14/h4-13,22,30H,1-3H3,(H,28,29,31). The summed E-state index contributed by atoms with van der Waals surface area (Å²) in [6.45, 7) is 5.35. The highest BCUT2D eigenvalue weighted by atomic mass is 32.1. The van der Waals surface area contributed by atoms with Crippen LogP contribution in [0, 0.1) is 5.82 Å². The van der Waals surface area contributed by atoms with E-state index in [9.17, 15) is 14.3 Å². The Morgan fingerprint density at radius 2 is 1.85 bits per heavy atom. The third kappa shape index (κ3) is 5.41. The van der Waals surface area contributed by atoms with Crippen molar-refractivity contribution in [3.05, 3.63) is 77.6 Å². The van der Waals surface area contributed by atoms with E-state index in [1.54, 1.807) is 39.0 Å². The largest absolute Gasteiger partial charge is 0.444 e. The molecule has 1 unspecified atom stereocenters. The fourth-order valence-corrected chi connectivity index (χ4v) is 4.34. The zero-order valence-corrected chi connectivity index (χ0v) is 19.2. The summed E-state index contributed by atoms with van der Waals surface area (Å²) in [5, 5.41) is 14.1. The Bertz CT molecular complexity index is 1320. The van der Waals surface area contributed by atoms with E-state index in [1.165, 1.54) is 23.5 Å². The van der Waals surface area contributed by atoms with Crippen molar-refractivity contribution < 1.29 is 19.0 Å². The van der Waals surface area contributed by atoms with Crippen LogP contribution in [0.25, 0.3) is 21.3 Å². The van der Waals surface area contributed by atoms with Crippen LogP contribution in [0.4, 0.5) is 14.3 Å². The number of thiazole rings is 1. The van der Waals surface area contributed by atoms with Gasteiger partial charge in [0.05, 0.1) is 10.2 Å². The lowest BCUT2D eigenvalue weighted by atomic mass is 9.90. The summed E-state index contributed by atoms with van der Waals surface area (Å²) in [4.78, 5) is 16.8. The summed E-state index contributed by atoms with van der Waals surface area (Å²) in [6, 6.07) is 16.7. The van der Waals surface area contributed by atoms with Gasteiger partial charge in [-0.05, 0) is 61.7 Å². The number of aliphatic hydroxyl groups is 1. The van der Waals surface area contributed by atoms with E-state index < -0.39 is 17.8 Å². The molecule has 1 amide bonds. The number of benzene rings is 3. The lowest BCUT2D eigenvalue weighted by Gasteiger charge is -2.18. The van der Waals surface area contributed by atoms with Gasteiger partial charge in [0.25, 0.3) is 0 Å². The number of halogens is 1. The molecule has 33 heavy (non-hydrogen) atoms. The molecule has 0 aliphatic heterocycles. The molecule has 0 aliphatic carbocycles. The average Bonchev–Trinajstić information content (AvgIpc) is 3.13. The molecule has 1 atom stereocenters. The second kappa shape index (κ2) is 8.96. The minimum Gasteiger partial charge on any atom is -0.444 e. The molecular weight excluding hydrogens is 438 g/mol. The van der Waals surface area contributed by atoms with Gasteiger partial charge in [-0.1, -0.05) is 53.2 Å². The number of anilines is 1. The maximum atomic E-state index is 13.3. The van der Waals surface area contributed by atoms with Crippen LogP contribution in [-0.2, 0) is 4.74 Å². The number of hydrogen-bond acceptors (Lipinski definition) is 5. The molecule has 4 rings (SSSR count). The van der Waals surface area contributed by atoms with Gasteiger partial charge in [0.1, 0.15) is 25.4 Å². The van der Waals surface area contributed by atoms with Crippen molar-refractivity contribution in [2.24, 2.45) is 0 Å². The fourth-order valence-electron chi connectivity index (χ4n) is 3.42. The SMILES string of the molecule is [B]c1cccc(-c2cc(C(O)c3ccc(F)cc3)cc3sc(NC(=O)OC(C)(C)C)nc23)c1. The first-order valence-corrected chi connectivity index (χ1v) is 11.1. The van der Waals surface area contributed by atoms with E-state index in [4.69, 9.17) is 12.6 Å². The molecule has 8 heteroatoms. The smallest absolute Gasteiger partial charge is 0.413 e. The van der Waals surface area contributed by atoms with Crippen molar-refractivity contribution in [3.63, 3.8) is 0 Å². The lowest BCUT2D eigenvalue weighted by molar-refractivity contribution is 0.0636. The lowest BCUT2D eigenvalue weighted by Crippen LogP contribution is -2.27. The summed E-state index contributed by atoms with van der Waals surface area (Å²) < 4.78 is 19.4. The molecule has 3 aromatic carbocycles. The summed E-state index contributed by atoms with van der Waals surface area (Å²) >= 11 is 1.27. The van der Waals surface area contributed by atoms with Gasteiger partial charge in [0, 0.05) is 5.56 Å². The Balaban J connectivity index is 1.80. The van der Waals surface area contributed by atoms with Crippen LogP contribution >= 0.6 is 11.3 Å². The maximum absolute atomic E-state index is 13.3. The van der Waals surface area contributed by atoms with Gasteiger partial charge in [-0.15, -0.1) is 0 Å². The molecule has 2 radical (unpaired) electrons. The van der Waals surface area contributed by atoms with Crippen LogP contribution in [0.1, 0.15) is 38.0 Å². The third-order valence-electron chi connectivity index (χ3n) is 4.82. The number of ether oxygens (including phenoxy) is 1. The van der Waals surface area contributed by atoms with E-state index in [0.29, 0.717) is 27.2 Å². The summed E-state index contributed by atoms with van der Waals surface area (Å²) in [5.41, 5.74) is 3.36. The number of nitrogens with zero attached hydrogens (tertiary/aromatic N) is 1. The normalized spacial score (nSPS) is 12.5. The van der Waals surface area contributed by atoms with Crippen molar-refractivity contribution in [1.82, 2.24) is 4.98 Å². The molecule has 0 saturated heterocycles. The van der Waals surface area contributed by atoms with Crippen LogP contribution in [0.2, 0.25) is 0 Å². The molecule has 0 fully saturated rings. The number of aromatic nitrogens is 1. The number of aliphatic hydroxyl groups excluding tert-OH is 1. The van der Waals surface area contributed by atoms with Crippen LogP contribution in [-0.4, -0.2) is 29.6 Å². The first-order valence-electron chi connectivity index (χ1n) is 10.3. The molecule has 5 nitrogen and oxygen atoms in total. The van der Waals surface area contributed by atoms with E-state index in [-0.39, 0.29) is 5.82 Å². The number of hydrogen-bond donors (Lipinski definition) is 2. The molecule has 0 aliphatic rings. The van der Waals surface area contributed by atoms with Crippen molar-refractivity contribution in [1.29, 1.82) is 0 Å². The topological polar surface area (TPSA) is 71.5 Å². The minimum atomic E-state index is -0.973. The molecule has 0 spiro atoms. The quantitative estimate of drug-likeness (QED) is 0.404. The second-order valence-electron chi connectivity index (χ2n) is 8.64. The maximum Gasteiger partial charge on any atom is 0.413 e. The van der Waals surface area contributed by atoms with Gasteiger partial charge in [-0.25, -0.2) is 14.2 Å². The predicted octanol–water partition coefficient (Wildman–Crippen LogP) is 5.32. The van der Waals surface area contributed by atoms with Crippen LogP contribution < -0.4 is 10.8 Å². The average molecular weight is 460 g/mol. The zero-order chi connectivity index (χ0) is 23.8. The van der Waals surface area contributed by atoms with Gasteiger partial charge in [0.15, 0.2) is 5.13 Å². The van der Waals surface area contributed by atoms with Gasteiger partial charge < -0.3 is 9.84 Å². The summed E-state index contributed by atoms with van der Waals surface area (Å²) in [7, 11) is 6.00. The molecule has 1 heterocycles. The number of fused-ring (bicyclic) bond motifs is 1. The number of carbonyl (C=O) groups is 1. The van der Waals surface area contributed by atoms with E-state index in [1.807, 2.05) is 30.3 Å². The van der Waals surface area contributed by atoms with E-state index >= 15 is 0 Å². The molecule has 1 aromatic heterocycles. The van der Waals surface area contributed by atoms with Crippen LogP contribution in [0.15, 0.2) is 60.7 Å². The first-order chi connectivity index (χ1) is 15.6.